The Morgan fingerprint density at radius 1 is 1.06 bits per heavy atom. The van der Waals surface area contributed by atoms with Gasteiger partial charge in [0, 0.05) is 6.54 Å². The fourth-order valence-electron chi connectivity index (χ4n) is 2.69. The standard InChI is InChI=1S/C15H30N2O/c1-2-3-4-5-6-10-13-17-14(18)15(16)11-8-7-9-12-15/h2-13,16H2,1H3,(H,17,18). The number of hydrogen-bond acceptors (Lipinski definition) is 2. The minimum Gasteiger partial charge on any atom is -0.355 e. The van der Waals surface area contributed by atoms with E-state index < -0.39 is 5.54 Å². The largest absolute Gasteiger partial charge is 0.355 e. The highest BCUT2D eigenvalue weighted by Crippen LogP contribution is 2.25. The first kappa shape index (κ1) is 15.5. The van der Waals surface area contributed by atoms with E-state index in [-0.39, 0.29) is 5.91 Å². The molecule has 0 aromatic rings. The number of nitrogens with two attached hydrogens (primary N) is 1. The molecular formula is C15H30N2O. The summed E-state index contributed by atoms with van der Waals surface area (Å²) in [4.78, 5) is 12.0. The van der Waals surface area contributed by atoms with Gasteiger partial charge in [-0.3, -0.25) is 4.79 Å². The van der Waals surface area contributed by atoms with Crippen molar-refractivity contribution in [2.24, 2.45) is 5.73 Å². The SMILES string of the molecule is CCCCCCCCNC(=O)C1(N)CCCCC1. The third-order valence-electron chi connectivity index (χ3n) is 4.01. The van der Waals surface area contributed by atoms with Crippen LogP contribution in [-0.4, -0.2) is 18.0 Å². The average Bonchev–Trinajstić information content (AvgIpc) is 2.38. The highest BCUT2D eigenvalue weighted by atomic mass is 16.2. The fraction of sp³-hybridized carbons (Fsp3) is 0.933. The number of rotatable bonds is 8. The maximum atomic E-state index is 12.0. The number of carbonyl (C=O) groups is 1. The minimum atomic E-state index is -0.569. The zero-order chi connectivity index (χ0) is 13.3. The van der Waals surface area contributed by atoms with Crippen molar-refractivity contribution in [1.82, 2.24) is 5.32 Å². The lowest BCUT2D eigenvalue weighted by molar-refractivity contribution is -0.127. The van der Waals surface area contributed by atoms with Crippen molar-refractivity contribution in [2.45, 2.75) is 83.1 Å². The maximum Gasteiger partial charge on any atom is 0.240 e. The van der Waals surface area contributed by atoms with Crippen LogP contribution in [0.25, 0.3) is 0 Å². The van der Waals surface area contributed by atoms with Crippen LogP contribution in [0.3, 0.4) is 0 Å². The Kier molecular flexibility index (Phi) is 7.33. The van der Waals surface area contributed by atoms with Crippen molar-refractivity contribution >= 4 is 5.91 Å². The molecule has 1 amide bonds. The van der Waals surface area contributed by atoms with Crippen LogP contribution in [0.2, 0.25) is 0 Å². The van der Waals surface area contributed by atoms with Crippen LogP contribution in [0, 0.1) is 0 Å². The van der Waals surface area contributed by atoms with Crippen molar-refractivity contribution in [3.8, 4) is 0 Å². The molecule has 1 aliphatic carbocycles. The molecule has 0 atom stereocenters. The Balaban J connectivity index is 2.05. The molecule has 18 heavy (non-hydrogen) atoms. The zero-order valence-corrected chi connectivity index (χ0v) is 12.0. The van der Waals surface area contributed by atoms with Gasteiger partial charge in [0.05, 0.1) is 5.54 Å². The van der Waals surface area contributed by atoms with Gasteiger partial charge < -0.3 is 11.1 Å². The van der Waals surface area contributed by atoms with Crippen molar-refractivity contribution < 1.29 is 4.79 Å². The van der Waals surface area contributed by atoms with E-state index in [1.165, 1.54) is 38.5 Å². The Hall–Kier alpha value is -0.570. The second kappa shape index (κ2) is 8.52. The first-order chi connectivity index (χ1) is 8.69. The second-order valence-electron chi connectivity index (χ2n) is 5.74. The van der Waals surface area contributed by atoms with E-state index in [4.69, 9.17) is 5.73 Å². The number of nitrogens with one attached hydrogen (secondary N) is 1. The number of hydrogen-bond donors (Lipinski definition) is 2. The van der Waals surface area contributed by atoms with Crippen molar-refractivity contribution in [2.75, 3.05) is 6.54 Å². The molecule has 0 aromatic heterocycles. The van der Waals surface area contributed by atoms with Crippen LogP contribution in [0.1, 0.15) is 77.6 Å². The number of amides is 1. The van der Waals surface area contributed by atoms with Crippen LogP contribution < -0.4 is 11.1 Å². The van der Waals surface area contributed by atoms with Gasteiger partial charge in [-0.25, -0.2) is 0 Å². The highest BCUT2D eigenvalue weighted by molar-refractivity contribution is 5.86. The van der Waals surface area contributed by atoms with Crippen LogP contribution >= 0.6 is 0 Å². The van der Waals surface area contributed by atoms with Crippen molar-refractivity contribution in [1.29, 1.82) is 0 Å². The van der Waals surface area contributed by atoms with Crippen LogP contribution in [-0.2, 0) is 4.79 Å². The first-order valence-corrected chi connectivity index (χ1v) is 7.76. The summed E-state index contributed by atoms with van der Waals surface area (Å²) in [6.07, 6.45) is 12.7. The summed E-state index contributed by atoms with van der Waals surface area (Å²) in [5.41, 5.74) is 5.60. The van der Waals surface area contributed by atoms with E-state index in [0.29, 0.717) is 0 Å². The Bertz CT molecular complexity index is 235. The Labute approximate surface area is 112 Å². The van der Waals surface area contributed by atoms with Gasteiger partial charge in [-0.1, -0.05) is 58.3 Å². The normalized spacial score (nSPS) is 18.6. The molecule has 0 aliphatic heterocycles. The topological polar surface area (TPSA) is 55.1 Å². The fourth-order valence-corrected chi connectivity index (χ4v) is 2.69. The molecule has 3 nitrogen and oxygen atoms in total. The average molecular weight is 254 g/mol. The van der Waals surface area contributed by atoms with E-state index >= 15 is 0 Å². The molecule has 1 saturated carbocycles. The van der Waals surface area contributed by atoms with Gasteiger partial charge in [0.2, 0.25) is 5.91 Å². The molecule has 106 valence electrons. The molecular weight excluding hydrogens is 224 g/mol. The molecule has 1 rings (SSSR count). The molecule has 0 heterocycles. The summed E-state index contributed by atoms with van der Waals surface area (Å²) in [6.45, 7) is 3.02. The highest BCUT2D eigenvalue weighted by Gasteiger charge is 2.34. The summed E-state index contributed by atoms with van der Waals surface area (Å²) < 4.78 is 0. The Morgan fingerprint density at radius 3 is 2.33 bits per heavy atom. The summed E-state index contributed by atoms with van der Waals surface area (Å²) in [7, 11) is 0. The van der Waals surface area contributed by atoms with Gasteiger partial charge in [0.1, 0.15) is 0 Å². The smallest absolute Gasteiger partial charge is 0.240 e. The molecule has 1 fully saturated rings. The predicted molar refractivity (Wildman–Crippen MR) is 76.4 cm³/mol. The Morgan fingerprint density at radius 2 is 1.67 bits per heavy atom. The zero-order valence-electron chi connectivity index (χ0n) is 12.0. The lowest BCUT2D eigenvalue weighted by atomic mass is 9.82. The molecule has 0 unspecified atom stereocenters. The van der Waals surface area contributed by atoms with Gasteiger partial charge in [0.15, 0.2) is 0 Å². The number of carbonyl (C=O) groups excluding carboxylic acids is 1. The van der Waals surface area contributed by atoms with Gasteiger partial charge in [0.25, 0.3) is 0 Å². The lowest BCUT2D eigenvalue weighted by Crippen LogP contribution is -2.55. The van der Waals surface area contributed by atoms with Gasteiger partial charge in [-0.15, -0.1) is 0 Å². The van der Waals surface area contributed by atoms with Crippen LogP contribution in [0.5, 0.6) is 0 Å². The molecule has 3 heteroatoms. The summed E-state index contributed by atoms with van der Waals surface area (Å²) >= 11 is 0. The molecule has 1 aliphatic rings. The summed E-state index contributed by atoms with van der Waals surface area (Å²) in [5, 5.41) is 3.02. The minimum absolute atomic E-state index is 0.0794. The third kappa shape index (κ3) is 5.38. The first-order valence-electron chi connectivity index (χ1n) is 7.76. The van der Waals surface area contributed by atoms with Crippen LogP contribution in [0.4, 0.5) is 0 Å². The van der Waals surface area contributed by atoms with E-state index in [9.17, 15) is 4.79 Å². The van der Waals surface area contributed by atoms with E-state index in [2.05, 4.69) is 12.2 Å². The molecule has 0 aromatic carbocycles. The van der Waals surface area contributed by atoms with E-state index in [1.807, 2.05) is 0 Å². The van der Waals surface area contributed by atoms with Gasteiger partial charge >= 0.3 is 0 Å². The molecule has 0 radical (unpaired) electrons. The van der Waals surface area contributed by atoms with Crippen molar-refractivity contribution in [3.05, 3.63) is 0 Å². The molecule has 0 spiro atoms. The summed E-state index contributed by atoms with van der Waals surface area (Å²) in [5.74, 6) is 0.0794. The third-order valence-corrected chi connectivity index (χ3v) is 4.01. The second-order valence-corrected chi connectivity index (χ2v) is 5.74. The van der Waals surface area contributed by atoms with Gasteiger partial charge in [-0.2, -0.15) is 0 Å². The van der Waals surface area contributed by atoms with Gasteiger partial charge in [-0.05, 0) is 19.3 Å². The molecule has 3 N–H and O–H groups in total. The lowest BCUT2D eigenvalue weighted by Gasteiger charge is -2.31. The number of unbranched alkanes of at least 4 members (excludes halogenated alkanes) is 5. The van der Waals surface area contributed by atoms with E-state index in [1.54, 1.807) is 0 Å². The molecule has 0 bridgehead atoms. The monoisotopic (exact) mass is 254 g/mol. The van der Waals surface area contributed by atoms with Crippen molar-refractivity contribution in [3.63, 3.8) is 0 Å². The van der Waals surface area contributed by atoms with Crippen LogP contribution in [0.15, 0.2) is 0 Å². The quantitative estimate of drug-likeness (QED) is 0.654. The maximum absolute atomic E-state index is 12.0. The summed E-state index contributed by atoms with van der Waals surface area (Å²) in [6, 6.07) is 0. The van der Waals surface area contributed by atoms with E-state index in [0.717, 1.165) is 38.6 Å². The molecule has 0 saturated heterocycles. The predicted octanol–water partition coefficient (Wildman–Crippen LogP) is 3.12.